The molecule has 1 amide bonds. The van der Waals surface area contributed by atoms with Crippen molar-refractivity contribution in [1.82, 2.24) is 10.2 Å². The van der Waals surface area contributed by atoms with E-state index in [-0.39, 0.29) is 5.91 Å². The van der Waals surface area contributed by atoms with Gasteiger partial charge in [0.25, 0.3) is 0 Å². The van der Waals surface area contributed by atoms with Crippen LogP contribution < -0.4 is 11.1 Å². The Kier molecular flexibility index (Phi) is 7.26. The SMILES string of the molecule is CCC(N)C(=O)NCc1ccc(CN(CC)CC)cc1. The molecular weight excluding hydrogens is 250 g/mol. The molecule has 3 N–H and O–H groups in total. The molecule has 1 atom stereocenters. The standard InChI is InChI=1S/C16H27N3O/c1-4-15(17)16(20)18-11-13-7-9-14(10-8-13)12-19(5-2)6-3/h7-10,15H,4-6,11-12,17H2,1-3H3,(H,18,20). The highest BCUT2D eigenvalue weighted by molar-refractivity contribution is 5.81. The second-order valence-electron chi connectivity index (χ2n) is 5.01. The number of nitrogens with two attached hydrogens (primary N) is 1. The lowest BCUT2D eigenvalue weighted by Gasteiger charge is -2.18. The first-order chi connectivity index (χ1) is 9.60. The van der Waals surface area contributed by atoms with Crippen LogP contribution >= 0.6 is 0 Å². The number of amides is 1. The third kappa shape index (κ3) is 5.31. The molecule has 0 bridgehead atoms. The molecule has 0 radical (unpaired) electrons. The summed E-state index contributed by atoms with van der Waals surface area (Å²) in [4.78, 5) is 14.0. The molecule has 0 aliphatic heterocycles. The van der Waals surface area contributed by atoms with Crippen LogP contribution in [0.2, 0.25) is 0 Å². The van der Waals surface area contributed by atoms with Crippen molar-refractivity contribution in [2.24, 2.45) is 5.73 Å². The Morgan fingerprint density at radius 1 is 1.15 bits per heavy atom. The minimum atomic E-state index is -0.406. The van der Waals surface area contributed by atoms with Crippen molar-refractivity contribution in [3.63, 3.8) is 0 Å². The van der Waals surface area contributed by atoms with Gasteiger partial charge in [-0.1, -0.05) is 45.0 Å². The Morgan fingerprint density at radius 2 is 1.70 bits per heavy atom. The van der Waals surface area contributed by atoms with Crippen LogP contribution in [0.15, 0.2) is 24.3 Å². The molecule has 0 aromatic heterocycles. The maximum Gasteiger partial charge on any atom is 0.237 e. The minimum absolute atomic E-state index is 0.0836. The highest BCUT2D eigenvalue weighted by Crippen LogP contribution is 2.07. The summed E-state index contributed by atoms with van der Waals surface area (Å²) in [6, 6.07) is 7.98. The fraction of sp³-hybridized carbons (Fsp3) is 0.562. The molecule has 1 unspecified atom stereocenters. The lowest BCUT2D eigenvalue weighted by atomic mass is 10.1. The van der Waals surface area contributed by atoms with Crippen LogP contribution in [0, 0.1) is 0 Å². The Balaban J connectivity index is 2.48. The second kappa shape index (κ2) is 8.72. The first-order valence-corrected chi connectivity index (χ1v) is 7.44. The fourth-order valence-electron chi connectivity index (χ4n) is 1.97. The monoisotopic (exact) mass is 277 g/mol. The Bertz CT molecular complexity index is 399. The molecule has 0 fully saturated rings. The van der Waals surface area contributed by atoms with Gasteiger partial charge in [-0.2, -0.15) is 0 Å². The van der Waals surface area contributed by atoms with Gasteiger partial charge in [0.1, 0.15) is 0 Å². The molecule has 0 saturated heterocycles. The predicted molar refractivity (Wildman–Crippen MR) is 83.2 cm³/mol. The van der Waals surface area contributed by atoms with Crippen molar-refractivity contribution in [2.45, 2.75) is 46.3 Å². The third-order valence-corrected chi connectivity index (χ3v) is 3.57. The van der Waals surface area contributed by atoms with Crippen LogP contribution in [0.1, 0.15) is 38.3 Å². The van der Waals surface area contributed by atoms with Gasteiger partial charge >= 0.3 is 0 Å². The summed E-state index contributed by atoms with van der Waals surface area (Å²) in [5, 5.41) is 2.86. The van der Waals surface area contributed by atoms with Gasteiger partial charge < -0.3 is 11.1 Å². The minimum Gasteiger partial charge on any atom is -0.351 e. The molecule has 112 valence electrons. The van der Waals surface area contributed by atoms with E-state index in [1.54, 1.807) is 0 Å². The van der Waals surface area contributed by atoms with Crippen molar-refractivity contribution in [3.8, 4) is 0 Å². The molecule has 1 aromatic carbocycles. The fourth-order valence-corrected chi connectivity index (χ4v) is 1.97. The van der Waals surface area contributed by atoms with E-state index in [0.29, 0.717) is 13.0 Å². The summed E-state index contributed by atoms with van der Waals surface area (Å²) < 4.78 is 0. The summed E-state index contributed by atoms with van der Waals surface area (Å²) in [7, 11) is 0. The predicted octanol–water partition coefficient (Wildman–Crippen LogP) is 1.88. The molecule has 1 rings (SSSR count). The summed E-state index contributed by atoms with van der Waals surface area (Å²) in [5.41, 5.74) is 8.07. The highest BCUT2D eigenvalue weighted by atomic mass is 16.2. The lowest BCUT2D eigenvalue weighted by molar-refractivity contribution is -0.122. The van der Waals surface area contributed by atoms with Crippen molar-refractivity contribution in [3.05, 3.63) is 35.4 Å². The van der Waals surface area contributed by atoms with Gasteiger partial charge in [0, 0.05) is 13.1 Å². The van der Waals surface area contributed by atoms with Gasteiger partial charge in [-0.25, -0.2) is 0 Å². The number of carbonyl (C=O) groups is 1. The molecule has 4 heteroatoms. The quantitative estimate of drug-likeness (QED) is 0.763. The number of nitrogens with zero attached hydrogens (tertiary/aromatic N) is 1. The van der Waals surface area contributed by atoms with E-state index < -0.39 is 6.04 Å². The van der Waals surface area contributed by atoms with Crippen molar-refractivity contribution in [2.75, 3.05) is 13.1 Å². The Labute approximate surface area is 122 Å². The van der Waals surface area contributed by atoms with Gasteiger partial charge in [0.2, 0.25) is 5.91 Å². The van der Waals surface area contributed by atoms with Crippen LogP contribution in [-0.4, -0.2) is 29.9 Å². The van der Waals surface area contributed by atoms with E-state index in [4.69, 9.17) is 5.73 Å². The molecule has 1 aromatic rings. The number of carbonyl (C=O) groups excluding carboxylic acids is 1. The van der Waals surface area contributed by atoms with Gasteiger partial charge in [-0.05, 0) is 30.6 Å². The van der Waals surface area contributed by atoms with E-state index in [2.05, 4.69) is 48.3 Å². The average Bonchev–Trinajstić information content (AvgIpc) is 2.50. The number of hydrogen-bond acceptors (Lipinski definition) is 3. The number of rotatable bonds is 8. The largest absolute Gasteiger partial charge is 0.351 e. The molecular formula is C16H27N3O. The van der Waals surface area contributed by atoms with Crippen LogP contribution in [0.4, 0.5) is 0 Å². The van der Waals surface area contributed by atoms with Crippen LogP contribution in [0.25, 0.3) is 0 Å². The molecule has 20 heavy (non-hydrogen) atoms. The van der Waals surface area contributed by atoms with Crippen LogP contribution in [0.3, 0.4) is 0 Å². The normalized spacial score (nSPS) is 12.4. The lowest BCUT2D eigenvalue weighted by Crippen LogP contribution is -2.39. The topological polar surface area (TPSA) is 58.4 Å². The van der Waals surface area contributed by atoms with E-state index >= 15 is 0 Å². The summed E-state index contributed by atoms with van der Waals surface area (Å²) in [6.45, 7) is 9.88. The summed E-state index contributed by atoms with van der Waals surface area (Å²) in [6.07, 6.45) is 0.661. The van der Waals surface area contributed by atoms with Crippen LogP contribution in [0.5, 0.6) is 0 Å². The highest BCUT2D eigenvalue weighted by Gasteiger charge is 2.09. The van der Waals surface area contributed by atoms with E-state index in [0.717, 1.165) is 25.2 Å². The zero-order valence-corrected chi connectivity index (χ0v) is 12.9. The first kappa shape index (κ1) is 16.7. The number of benzene rings is 1. The molecule has 4 nitrogen and oxygen atoms in total. The van der Waals surface area contributed by atoms with Crippen molar-refractivity contribution < 1.29 is 4.79 Å². The molecule has 0 aliphatic carbocycles. The van der Waals surface area contributed by atoms with E-state index in [1.807, 2.05) is 6.92 Å². The zero-order chi connectivity index (χ0) is 15.0. The Morgan fingerprint density at radius 3 is 2.20 bits per heavy atom. The van der Waals surface area contributed by atoms with Crippen molar-refractivity contribution >= 4 is 5.91 Å². The maximum absolute atomic E-state index is 11.6. The summed E-state index contributed by atoms with van der Waals surface area (Å²) >= 11 is 0. The smallest absolute Gasteiger partial charge is 0.237 e. The molecule has 0 spiro atoms. The number of hydrogen-bond donors (Lipinski definition) is 2. The van der Waals surface area contributed by atoms with Gasteiger partial charge in [0.15, 0.2) is 0 Å². The average molecular weight is 277 g/mol. The first-order valence-electron chi connectivity index (χ1n) is 7.44. The van der Waals surface area contributed by atoms with Gasteiger partial charge in [-0.15, -0.1) is 0 Å². The van der Waals surface area contributed by atoms with E-state index in [9.17, 15) is 4.79 Å². The zero-order valence-electron chi connectivity index (χ0n) is 12.9. The van der Waals surface area contributed by atoms with Crippen molar-refractivity contribution in [1.29, 1.82) is 0 Å². The molecule has 0 saturated carbocycles. The van der Waals surface area contributed by atoms with Crippen LogP contribution in [-0.2, 0) is 17.9 Å². The molecule has 0 heterocycles. The Hall–Kier alpha value is -1.39. The number of nitrogens with one attached hydrogen (secondary N) is 1. The third-order valence-electron chi connectivity index (χ3n) is 3.57. The second-order valence-corrected chi connectivity index (χ2v) is 5.01. The van der Waals surface area contributed by atoms with Gasteiger partial charge in [0.05, 0.1) is 6.04 Å². The van der Waals surface area contributed by atoms with Gasteiger partial charge in [-0.3, -0.25) is 9.69 Å². The maximum atomic E-state index is 11.6. The molecule has 0 aliphatic rings. The van der Waals surface area contributed by atoms with E-state index in [1.165, 1.54) is 5.56 Å². The summed E-state index contributed by atoms with van der Waals surface area (Å²) in [5.74, 6) is -0.0836.